The number of rotatable bonds is 12. The first-order valence-corrected chi connectivity index (χ1v) is 13.0. The summed E-state index contributed by atoms with van der Waals surface area (Å²) in [5, 5.41) is 2.70. The number of thiophene rings is 1. The Morgan fingerprint density at radius 3 is 2.41 bits per heavy atom. The summed E-state index contributed by atoms with van der Waals surface area (Å²) in [5.41, 5.74) is 1.35. The number of anilines is 1. The molecule has 1 heterocycles. The van der Waals surface area contributed by atoms with E-state index < -0.39 is 11.8 Å². The number of carbonyl (C=O) groups is 2. The van der Waals surface area contributed by atoms with Gasteiger partial charge in [-0.25, -0.2) is 9.18 Å². The summed E-state index contributed by atoms with van der Waals surface area (Å²) < 4.78 is 24.3. The van der Waals surface area contributed by atoms with E-state index in [1.165, 1.54) is 28.0 Å². The van der Waals surface area contributed by atoms with Crippen LogP contribution in [-0.4, -0.2) is 55.6 Å². The third kappa shape index (κ3) is 8.21. The fourth-order valence-electron chi connectivity index (χ4n) is 3.90. The first-order valence-electron chi connectivity index (χ1n) is 12.2. The Balaban J connectivity index is 1.74. The third-order valence-corrected chi connectivity index (χ3v) is 6.78. The standard InChI is InChI=1S/C28H34FN3O4S/c1-5-14-32(28(34)30-23-8-6-7-22(29)17-23)19-27(33)31(18-24-11-9-20(2)37-24)15-13-21-10-12-25(35-3)26(16-21)36-4/h6-12,16-17H,5,13-15,18-19H2,1-4H3,(H,30,34). The third-order valence-electron chi connectivity index (χ3n) is 5.80. The molecule has 0 aliphatic carbocycles. The maximum Gasteiger partial charge on any atom is 0.322 e. The lowest BCUT2D eigenvalue weighted by molar-refractivity contribution is -0.132. The van der Waals surface area contributed by atoms with Gasteiger partial charge in [-0.1, -0.05) is 19.1 Å². The average molecular weight is 528 g/mol. The summed E-state index contributed by atoms with van der Waals surface area (Å²) in [4.78, 5) is 31.9. The summed E-state index contributed by atoms with van der Waals surface area (Å²) in [6.45, 7) is 5.21. The van der Waals surface area contributed by atoms with Crippen molar-refractivity contribution in [1.82, 2.24) is 9.80 Å². The lowest BCUT2D eigenvalue weighted by atomic mass is 10.1. The van der Waals surface area contributed by atoms with Crippen molar-refractivity contribution in [3.8, 4) is 11.5 Å². The number of hydrogen-bond acceptors (Lipinski definition) is 5. The molecular weight excluding hydrogens is 493 g/mol. The Morgan fingerprint density at radius 1 is 0.973 bits per heavy atom. The topological polar surface area (TPSA) is 71.1 Å². The minimum Gasteiger partial charge on any atom is -0.493 e. The van der Waals surface area contributed by atoms with Gasteiger partial charge in [0.05, 0.1) is 20.8 Å². The number of carbonyl (C=O) groups excluding carboxylic acids is 2. The predicted molar refractivity (Wildman–Crippen MR) is 145 cm³/mol. The molecule has 37 heavy (non-hydrogen) atoms. The molecule has 198 valence electrons. The van der Waals surface area contributed by atoms with Crippen LogP contribution in [0.25, 0.3) is 0 Å². The smallest absolute Gasteiger partial charge is 0.322 e. The molecule has 1 N–H and O–H groups in total. The molecule has 0 atom stereocenters. The highest BCUT2D eigenvalue weighted by Crippen LogP contribution is 2.28. The van der Waals surface area contributed by atoms with E-state index in [9.17, 15) is 14.0 Å². The van der Waals surface area contributed by atoms with E-state index in [-0.39, 0.29) is 12.5 Å². The normalized spacial score (nSPS) is 10.6. The van der Waals surface area contributed by atoms with Gasteiger partial charge in [0.15, 0.2) is 11.5 Å². The van der Waals surface area contributed by atoms with Crippen LogP contribution in [0.15, 0.2) is 54.6 Å². The molecule has 3 amide bonds. The van der Waals surface area contributed by atoms with E-state index in [2.05, 4.69) is 5.32 Å². The molecule has 0 fully saturated rings. The van der Waals surface area contributed by atoms with Crippen LogP contribution < -0.4 is 14.8 Å². The molecule has 0 aliphatic heterocycles. The zero-order valence-corrected chi connectivity index (χ0v) is 22.6. The Hall–Kier alpha value is -3.59. The van der Waals surface area contributed by atoms with Gasteiger partial charge in [0.2, 0.25) is 5.91 Å². The van der Waals surface area contributed by atoms with Crippen LogP contribution in [-0.2, 0) is 17.8 Å². The summed E-state index contributed by atoms with van der Waals surface area (Å²) in [5.74, 6) is 0.681. The second kappa shape index (κ2) is 13.6. The Morgan fingerprint density at radius 2 is 1.76 bits per heavy atom. The molecular formula is C28H34FN3O4S. The van der Waals surface area contributed by atoms with Crippen molar-refractivity contribution in [3.63, 3.8) is 0 Å². The number of nitrogens with one attached hydrogen (secondary N) is 1. The van der Waals surface area contributed by atoms with Gasteiger partial charge in [-0.15, -0.1) is 11.3 Å². The molecule has 7 nitrogen and oxygen atoms in total. The molecule has 9 heteroatoms. The molecule has 0 unspecified atom stereocenters. The summed E-state index contributed by atoms with van der Waals surface area (Å²) in [6.07, 6.45) is 1.29. The zero-order valence-electron chi connectivity index (χ0n) is 21.8. The molecule has 0 spiro atoms. The predicted octanol–water partition coefficient (Wildman–Crippen LogP) is 5.73. The maximum absolute atomic E-state index is 13.6. The molecule has 0 radical (unpaired) electrons. The van der Waals surface area contributed by atoms with Crippen molar-refractivity contribution in [3.05, 3.63) is 75.7 Å². The highest BCUT2D eigenvalue weighted by molar-refractivity contribution is 7.11. The van der Waals surface area contributed by atoms with Crippen LogP contribution >= 0.6 is 11.3 Å². The van der Waals surface area contributed by atoms with Crippen molar-refractivity contribution in [2.75, 3.05) is 39.2 Å². The largest absolute Gasteiger partial charge is 0.493 e. The molecule has 3 aromatic rings. The summed E-state index contributed by atoms with van der Waals surface area (Å²) in [6, 6.07) is 15.0. The first-order chi connectivity index (χ1) is 17.8. The number of aryl methyl sites for hydroxylation is 1. The number of benzene rings is 2. The highest BCUT2D eigenvalue weighted by Gasteiger charge is 2.22. The molecule has 2 aromatic carbocycles. The Bertz CT molecular complexity index is 1200. The van der Waals surface area contributed by atoms with Gasteiger partial charge in [-0.05, 0) is 67.8 Å². The number of nitrogens with zero attached hydrogens (tertiary/aromatic N) is 2. The van der Waals surface area contributed by atoms with Crippen molar-refractivity contribution in [1.29, 1.82) is 0 Å². The number of urea groups is 1. The fourth-order valence-corrected chi connectivity index (χ4v) is 4.81. The molecule has 0 saturated carbocycles. The van der Waals surface area contributed by atoms with Gasteiger partial charge in [0.1, 0.15) is 12.4 Å². The van der Waals surface area contributed by atoms with E-state index in [1.54, 1.807) is 36.5 Å². The Kier molecular flexibility index (Phi) is 10.3. The average Bonchev–Trinajstić information content (AvgIpc) is 3.30. The SMILES string of the molecule is CCCN(CC(=O)N(CCc1ccc(OC)c(OC)c1)Cc1ccc(C)s1)C(=O)Nc1cccc(F)c1. The van der Waals surface area contributed by atoms with Crippen molar-refractivity contribution < 1.29 is 23.5 Å². The lowest BCUT2D eigenvalue weighted by Crippen LogP contribution is -2.45. The molecule has 3 rings (SSSR count). The monoisotopic (exact) mass is 527 g/mol. The molecule has 0 saturated heterocycles. The van der Waals surface area contributed by atoms with Gasteiger partial charge >= 0.3 is 6.03 Å². The maximum atomic E-state index is 13.6. The van der Waals surface area contributed by atoms with E-state index in [0.29, 0.717) is 49.7 Å². The van der Waals surface area contributed by atoms with Crippen molar-refractivity contribution in [2.45, 2.75) is 33.2 Å². The number of halogens is 1. The van der Waals surface area contributed by atoms with Crippen LogP contribution in [0.1, 0.15) is 28.7 Å². The van der Waals surface area contributed by atoms with Crippen LogP contribution in [0.3, 0.4) is 0 Å². The Labute approximate surface area is 221 Å². The van der Waals surface area contributed by atoms with Crippen LogP contribution in [0.2, 0.25) is 0 Å². The van der Waals surface area contributed by atoms with E-state index in [4.69, 9.17) is 9.47 Å². The van der Waals surface area contributed by atoms with Crippen molar-refractivity contribution in [2.24, 2.45) is 0 Å². The highest BCUT2D eigenvalue weighted by atomic mass is 32.1. The van der Waals surface area contributed by atoms with Gasteiger partial charge < -0.3 is 24.6 Å². The number of amides is 3. The fraction of sp³-hybridized carbons (Fsp3) is 0.357. The first kappa shape index (κ1) is 28.0. The lowest BCUT2D eigenvalue weighted by Gasteiger charge is -2.27. The number of methoxy groups -OCH3 is 2. The van der Waals surface area contributed by atoms with Crippen LogP contribution in [0, 0.1) is 12.7 Å². The zero-order chi connectivity index (χ0) is 26.8. The van der Waals surface area contributed by atoms with E-state index >= 15 is 0 Å². The van der Waals surface area contributed by atoms with E-state index in [1.807, 2.05) is 44.2 Å². The molecule has 1 aromatic heterocycles. The second-order valence-electron chi connectivity index (χ2n) is 8.63. The van der Waals surface area contributed by atoms with Crippen LogP contribution in [0.4, 0.5) is 14.9 Å². The van der Waals surface area contributed by atoms with Gasteiger partial charge in [0.25, 0.3) is 0 Å². The molecule has 0 bridgehead atoms. The van der Waals surface area contributed by atoms with Crippen molar-refractivity contribution >= 4 is 29.0 Å². The van der Waals surface area contributed by atoms with Crippen LogP contribution in [0.5, 0.6) is 11.5 Å². The number of ether oxygens (including phenoxy) is 2. The minimum atomic E-state index is -0.441. The number of hydrogen-bond donors (Lipinski definition) is 1. The van der Waals surface area contributed by atoms with E-state index in [0.717, 1.165) is 10.4 Å². The summed E-state index contributed by atoms with van der Waals surface area (Å²) >= 11 is 1.65. The quantitative estimate of drug-likeness (QED) is 0.327. The summed E-state index contributed by atoms with van der Waals surface area (Å²) in [7, 11) is 3.18. The van der Waals surface area contributed by atoms with Gasteiger partial charge in [0, 0.05) is 28.5 Å². The minimum absolute atomic E-state index is 0.0781. The van der Waals surface area contributed by atoms with Gasteiger partial charge in [-0.2, -0.15) is 0 Å². The molecule has 0 aliphatic rings. The van der Waals surface area contributed by atoms with Gasteiger partial charge in [-0.3, -0.25) is 4.79 Å². The second-order valence-corrected chi connectivity index (χ2v) is 10.0.